The van der Waals surface area contributed by atoms with Gasteiger partial charge in [0.05, 0.1) is 5.57 Å². The quantitative estimate of drug-likeness (QED) is 0.444. The number of rotatable bonds is 3. The number of aryl methyl sites for hydroxylation is 2. The van der Waals surface area contributed by atoms with Crippen LogP contribution in [-0.2, 0) is 9.59 Å². The second kappa shape index (κ2) is 7.09. The van der Waals surface area contributed by atoms with Crippen LogP contribution in [0.3, 0.4) is 0 Å². The monoisotopic (exact) mass is 344 g/mol. The van der Waals surface area contributed by atoms with E-state index in [1.165, 1.54) is 0 Å². The molecule has 0 aromatic heterocycles. The van der Waals surface area contributed by atoms with E-state index in [-0.39, 0.29) is 48.1 Å². The summed E-state index contributed by atoms with van der Waals surface area (Å²) in [7, 11) is 0. The van der Waals surface area contributed by atoms with Crippen LogP contribution >= 0.6 is 0 Å². The van der Waals surface area contributed by atoms with Crippen LogP contribution in [0.4, 0.5) is 10.5 Å². The number of aliphatic hydroxyl groups is 1. The number of nitrogens with two attached hydrogens (primary N) is 1. The third-order valence-corrected chi connectivity index (χ3v) is 4.73. The van der Waals surface area contributed by atoms with Crippen LogP contribution in [0, 0.1) is 20.8 Å². The minimum absolute atomic E-state index is 0.0587. The van der Waals surface area contributed by atoms with E-state index < -0.39 is 6.03 Å². The van der Waals surface area contributed by atoms with E-state index in [4.69, 9.17) is 5.73 Å². The van der Waals surface area contributed by atoms with E-state index in [9.17, 15) is 19.5 Å². The first-order valence-corrected chi connectivity index (χ1v) is 8.32. The maximum Gasteiger partial charge on any atom is 0.316 e. The number of allylic oxidation sites excluding steroid dienone is 2. The topological polar surface area (TPSA) is 109 Å². The van der Waals surface area contributed by atoms with Gasteiger partial charge in [0.1, 0.15) is 5.76 Å². The molecule has 1 aromatic rings. The first-order chi connectivity index (χ1) is 11.7. The molecule has 0 heterocycles. The van der Waals surface area contributed by atoms with Crippen molar-refractivity contribution in [2.24, 2.45) is 5.73 Å². The van der Waals surface area contributed by atoms with Gasteiger partial charge < -0.3 is 16.2 Å². The highest BCUT2D eigenvalue weighted by Gasteiger charge is 2.35. The Bertz CT molecular complexity index is 773. The van der Waals surface area contributed by atoms with Crippen molar-refractivity contribution in [3.05, 3.63) is 39.7 Å². The molecule has 25 heavy (non-hydrogen) atoms. The van der Waals surface area contributed by atoms with E-state index in [0.29, 0.717) is 5.69 Å². The summed E-state index contributed by atoms with van der Waals surface area (Å²) >= 11 is 0. The first kappa shape index (κ1) is 18.7. The lowest BCUT2D eigenvalue weighted by Gasteiger charge is -2.27. The molecule has 2 amide bonds. The average molecular weight is 344 g/mol. The Morgan fingerprint density at radius 3 is 2.24 bits per heavy atom. The van der Waals surface area contributed by atoms with Crippen molar-refractivity contribution < 1.29 is 19.5 Å². The molecule has 0 spiro atoms. The summed E-state index contributed by atoms with van der Waals surface area (Å²) in [6.45, 7) is 7.34. The lowest BCUT2D eigenvalue weighted by molar-refractivity contribution is -0.124. The fraction of sp³-hybridized carbons (Fsp3) is 0.421. The van der Waals surface area contributed by atoms with Gasteiger partial charge in [-0.25, -0.2) is 4.79 Å². The van der Waals surface area contributed by atoms with E-state index >= 15 is 0 Å². The molecular formula is C19H24N2O4. The standard InChI is InChI=1S/C19H24N2O4/c1-5-13(22)17-14(23)7-12(8-15(17)24)16-9(2)6-10(3)18(11(16)4)21-19(20)25/h6,12,22H,5,7-8H2,1-4H3,(H3,20,21,25). The summed E-state index contributed by atoms with van der Waals surface area (Å²) in [5.74, 6) is -1.07. The minimum Gasteiger partial charge on any atom is -0.511 e. The van der Waals surface area contributed by atoms with Crippen molar-refractivity contribution in [1.29, 1.82) is 0 Å². The highest BCUT2D eigenvalue weighted by atomic mass is 16.3. The van der Waals surface area contributed by atoms with Crippen molar-refractivity contribution in [3.8, 4) is 0 Å². The molecule has 134 valence electrons. The molecule has 6 nitrogen and oxygen atoms in total. The molecule has 1 aromatic carbocycles. The van der Waals surface area contributed by atoms with Gasteiger partial charge in [-0.2, -0.15) is 0 Å². The maximum absolute atomic E-state index is 12.4. The largest absolute Gasteiger partial charge is 0.511 e. The van der Waals surface area contributed by atoms with E-state index in [0.717, 1.165) is 22.3 Å². The van der Waals surface area contributed by atoms with Gasteiger partial charge in [-0.15, -0.1) is 0 Å². The number of amides is 2. The molecule has 6 heteroatoms. The highest BCUT2D eigenvalue weighted by molar-refractivity contribution is 6.22. The van der Waals surface area contributed by atoms with Crippen LogP contribution in [-0.4, -0.2) is 22.7 Å². The number of carbonyl (C=O) groups excluding carboxylic acids is 3. The van der Waals surface area contributed by atoms with E-state index in [2.05, 4.69) is 5.32 Å². The van der Waals surface area contributed by atoms with Gasteiger partial charge in [0, 0.05) is 24.9 Å². The van der Waals surface area contributed by atoms with Crippen LogP contribution in [0.25, 0.3) is 0 Å². The smallest absolute Gasteiger partial charge is 0.316 e. The first-order valence-electron chi connectivity index (χ1n) is 8.32. The Hall–Kier alpha value is -2.63. The van der Waals surface area contributed by atoms with Crippen LogP contribution in [0.2, 0.25) is 0 Å². The normalized spacial score (nSPS) is 17.6. The number of urea groups is 1. The number of carbonyl (C=O) groups is 3. The van der Waals surface area contributed by atoms with Gasteiger partial charge in [0.2, 0.25) is 0 Å². The molecule has 0 unspecified atom stereocenters. The van der Waals surface area contributed by atoms with Crippen LogP contribution in [0.1, 0.15) is 54.4 Å². The Kier molecular flexibility index (Phi) is 5.30. The fourth-order valence-electron chi connectivity index (χ4n) is 3.73. The summed E-state index contributed by atoms with van der Waals surface area (Å²) in [6.07, 6.45) is 0.574. The third-order valence-electron chi connectivity index (χ3n) is 4.73. The fourth-order valence-corrected chi connectivity index (χ4v) is 3.73. The highest BCUT2D eigenvalue weighted by Crippen LogP contribution is 2.39. The van der Waals surface area contributed by atoms with Gasteiger partial charge in [-0.1, -0.05) is 13.0 Å². The number of aliphatic hydroxyl groups excluding tert-OH is 1. The molecule has 2 rings (SSSR count). The second-order valence-electron chi connectivity index (χ2n) is 6.54. The predicted molar refractivity (Wildman–Crippen MR) is 95.8 cm³/mol. The SMILES string of the molecule is CCC(O)=C1C(=O)CC(c2c(C)cc(C)c(NC(N)=O)c2C)CC1=O. The number of benzene rings is 1. The summed E-state index contributed by atoms with van der Waals surface area (Å²) in [5, 5.41) is 12.5. The summed E-state index contributed by atoms with van der Waals surface area (Å²) < 4.78 is 0. The summed E-state index contributed by atoms with van der Waals surface area (Å²) in [5.41, 5.74) is 9.33. The van der Waals surface area contributed by atoms with E-state index in [1.54, 1.807) is 6.92 Å². The zero-order valence-corrected chi connectivity index (χ0v) is 15.0. The molecule has 1 saturated carbocycles. The molecule has 1 aliphatic carbocycles. The molecule has 1 aliphatic rings. The number of ketones is 2. The summed E-state index contributed by atoms with van der Waals surface area (Å²) in [6, 6.07) is 1.26. The Morgan fingerprint density at radius 1 is 1.20 bits per heavy atom. The Labute approximate surface area is 147 Å². The third kappa shape index (κ3) is 3.57. The molecule has 0 aliphatic heterocycles. The van der Waals surface area contributed by atoms with Crippen molar-refractivity contribution in [2.45, 2.75) is 52.9 Å². The number of anilines is 1. The number of nitrogens with one attached hydrogen (secondary N) is 1. The van der Waals surface area contributed by atoms with Crippen LogP contribution in [0.15, 0.2) is 17.4 Å². The van der Waals surface area contributed by atoms with Crippen molar-refractivity contribution >= 4 is 23.3 Å². The van der Waals surface area contributed by atoms with Crippen molar-refractivity contribution in [1.82, 2.24) is 0 Å². The van der Waals surface area contributed by atoms with Crippen LogP contribution < -0.4 is 11.1 Å². The summed E-state index contributed by atoms with van der Waals surface area (Å²) in [4.78, 5) is 36.1. The van der Waals surface area contributed by atoms with Crippen molar-refractivity contribution in [2.75, 3.05) is 5.32 Å². The zero-order chi connectivity index (χ0) is 18.9. The molecule has 0 radical (unpaired) electrons. The molecule has 0 atom stereocenters. The average Bonchev–Trinajstić information content (AvgIpc) is 2.50. The molecule has 0 saturated heterocycles. The Balaban J connectivity index is 2.48. The number of hydrogen-bond donors (Lipinski definition) is 3. The molecule has 1 fully saturated rings. The lowest BCUT2D eigenvalue weighted by atomic mass is 9.76. The van der Waals surface area contributed by atoms with Gasteiger partial charge in [-0.3, -0.25) is 9.59 Å². The van der Waals surface area contributed by atoms with Gasteiger partial charge >= 0.3 is 6.03 Å². The van der Waals surface area contributed by atoms with Crippen LogP contribution in [0.5, 0.6) is 0 Å². The molecule has 0 bridgehead atoms. The number of primary amides is 1. The van der Waals surface area contributed by atoms with Gasteiger partial charge in [-0.05, 0) is 48.9 Å². The lowest BCUT2D eigenvalue weighted by Crippen LogP contribution is -2.27. The maximum atomic E-state index is 12.4. The predicted octanol–water partition coefficient (Wildman–Crippen LogP) is 3.34. The number of hydrogen-bond acceptors (Lipinski definition) is 4. The van der Waals surface area contributed by atoms with Gasteiger partial charge in [0.15, 0.2) is 11.6 Å². The molecule has 4 N–H and O–H groups in total. The van der Waals surface area contributed by atoms with Crippen molar-refractivity contribution in [3.63, 3.8) is 0 Å². The number of Topliss-reactive ketones (excluding diaryl/α,β-unsaturated/α-hetero) is 2. The van der Waals surface area contributed by atoms with Gasteiger partial charge in [0.25, 0.3) is 0 Å². The second-order valence-corrected chi connectivity index (χ2v) is 6.54. The minimum atomic E-state index is -0.658. The Morgan fingerprint density at radius 2 is 1.76 bits per heavy atom. The zero-order valence-electron chi connectivity index (χ0n) is 15.0. The molecular weight excluding hydrogens is 320 g/mol. The van der Waals surface area contributed by atoms with E-state index in [1.807, 2.05) is 26.8 Å².